The Bertz CT molecular complexity index is 921. The summed E-state index contributed by atoms with van der Waals surface area (Å²) in [4.78, 5) is 29.6. The molecule has 0 spiro atoms. The summed E-state index contributed by atoms with van der Waals surface area (Å²) >= 11 is 0. The quantitative estimate of drug-likeness (QED) is 0.821. The number of piperidine rings is 3. The van der Waals surface area contributed by atoms with Gasteiger partial charge in [0.05, 0.1) is 12.6 Å². The molecule has 0 radical (unpaired) electrons. The molecule has 6 heteroatoms. The first-order chi connectivity index (χ1) is 13.6. The van der Waals surface area contributed by atoms with Gasteiger partial charge in [0.15, 0.2) is 0 Å². The summed E-state index contributed by atoms with van der Waals surface area (Å²) in [6.07, 6.45) is 5.90. The lowest BCUT2D eigenvalue weighted by atomic mass is 9.76. The van der Waals surface area contributed by atoms with Gasteiger partial charge in [0.2, 0.25) is 11.8 Å². The third kappa shape index (κ3) is 2.86. The van der Waals surface area contributed by atoms with Gasteiger partial charge in [-0.15, -0.1) is 0 Å². The number of aromatic nitrogens is 1. The van der Waals surface area contributed by atoms with Gasteiger partial charge in [0, 0.05) is 43.7 Å². The molecule has 28 heavy (non-hydrogen) atoms. The first-order valence-electron chi connectivity index (χ1n) is 10.3. The lowest BCUT2D eigenvalue weighted by Gasteiger charge is -2.52. The maximum Gasteiger partial charge on any atom is 0.242 e. The van der Waals surface area contributed by atoms with Crippen LogP contribution in [0.1, 0.15) is 25.7 Å². The molecule has 3 aliphatic heterocycles. The second kappa shape index (κ2) is 6.83. The van der Waals surface area contributed by atoms with Gasteiger partial charge in [0.1, 0.15) is 12.3 Å². The lowest BCUT2D eigenvalue weighted by molar-refractivity contribution is -0.148. The Morgan fingerprint density at radius 3 is 2.96 bits per heavy atom. The van der Waals surface area contributed by atoms with Crippen LogP contribution in [0.15, 0.2) is 30.5 Å². The largest absolute Gasteiger partial charge is 0.496 e. The summed E-state index contributed by atoms with van der Waals surface area (Å²) < 4.78 is 7.45. The minimum absolute atomic E-state index is 0.172. The fourth-order valence-electron chi connectivity index (χ4n) is 5.57. The molecular formula is C22H27N3O3. The highest BCUT2D eigenvalue weighted by Gasteiger charge is 2.44. The zero-order valence-electron chi connectivity index (χ0n) is 16.3. The number of carbonyl (C=O) groups excluding carboxylic acids is 2. The Balaban J connectivity index is 1.33. The van der Waals surface area contributed by atoms with Crippen molar-refractivity contribution in [1.82, 2.24) is 14.4 Å². The topological polar surface area (TPSA) is 54.8 Å². The Labute approximate surface area is 165 Å². The highest BCUT2D eigenvalue weighted by atomic mass is 16.5. The second-order valence-corrected chi connectivity index (χ2v) is 8.50. The maximum atomic E-state index is 13.1. The van der Waals surface area contributed by atoms with Crippen LogP contribution in [-0.2, 0) is 16.1 Å². The SMILES string of the molecule is COc1cccc2c1ccn2CC(=O)N1CC2CC(C1)C1CCCC(=O)N1C2. The third-order valence-electron chi connectivity index (χ3n) is 6.83. The number of likely N-dealkylation sites (tertiary alicyclic amines) is 1. The van der Waals surface area contributed by atoms with Crippen molar-refractivity contribution < 1.29 is 14.3 Å². The minimum Gasteiger partial charge on any atom is -0.496 e. The highest BCUT2D eigenvalue weighted by molar-refractivity contribution is 5.88. The Morgan fingerprint density at radius 1 is 1.21 bits per heavy atom. The van der Waals surface area contributed by atoms with Crippen molar-refractivity contribution in [2.45, 2.75) is 38.3 Å². The molecule has 0 aliphatic carbocycles. The number of ether oxygens (including phenoxy) is 1. The van der Waals surface area contributed by atoms with E-state index < -0.39 is 0 Å². The predicted octanol–water partition coefficient (Wildman–Crippen LogP) is 2.51. The van der Waals surface area contributed by atoms with Crippen molar-refractivity contribution in [2.24, 2.45) is 11.8 Å². The van der Waals surface area contributed by atoms with Crippen molar-refractivity contribution in [3.63, 3.8) is 0 Å². The molecule has 0 N–H and O–H groups in total. The number of benzene rings is 1. The molecule has 2 aromatic rings. The zero-order valence-corrected chi connectivity index (χ0v) is 16.3. The van der Waals surface area contributed by atoms with Crippen LogP contribution >= 0.6 is 0 Å². The average Bonchev–Trinajstić information content (AvgIpc) is 3.11. The normalized spacial score (nSPS) is 27.0. The summed E-state index contributed by atoms with van der Waals surface area (Å²) in [5.41, 5.74) is 1.02. The zero-order chi connectivity index (χ0) is 19.3. The van der Waals surface area contributed by atoms with Crippen LogP contribution in [0.4, 0.5) is 0 Å². The van der Waals surface area contributed by atoms with E-state index in [1.165, 1.54) is 0 Å². The van der Waals surface area contributed by atoms with E-state index in [1.54, 1.807) is 7.11 Å². The van der Waals surface area contributed by atoms with E-state index in [1.807, 2.05) is 39.9 Å². The number of hydrogen-bond acceptors (Lipinski definition) is 3. The van der Waals surface area contributed by atoms with E-state index in [4.69, 9.17) is 4.74 Å². The molecule has 3 fully saturated rings. The highest BCUT2D eigenvalue weighted by Crippen LogP contribution is 2.38. The standard InChI is InChI=1S/C22H27N3O3/c1-28-20-6-2-5-19-17(20)8-9-23(19)14-22(27)24-11-15-10-16(13-24)18-4-3-7-21(26)25(18)12-15/h2,5-6,8-9,15-16,18H,3-4,7,10-14H2,1H3. The first kappa shape index (κ1) is 17.6. The molecule has 5 rings (SSSR count). The van der Waals surface area contributed by atoms with E-state index in [9.17, 15) is 9.59 Å². The number of hydrogen-bond donors (Lipinski definition) is 0. The van der Waals surface area contributed by atoms with Crippen LogP contribution in [0, 0.1) is 11.8 Å². The van der Waals surface area contributed by atoms with Crippen LogP contribution in [0.3, 0.4) is 0 Å². The molecule has 148 valence electrons. The van der Waals surface area contributed by atoms with Gasteiger partial charge >= 0.3 is 0 Å². The summed E-state index contributed by atoms with van der Waals surface area (Å²) in [6.45, 7) is 2.73. The van der Waals surface area contributed by atoms with Crippen LogP contribution in [-0.4, -0.2) is 59.0 Å². The van der Waals surface area contributed by atoms with Crippen molar-refractivity contribution in [3.8, 4) is 5.75 Å². The van der Waals surface area contributed by atoms with Crippen molar-refractivity contribution in [1.29, 1.82) is 0 Å². The Morgan fingerprint density at radius 2 is 2.11 bits per heavy atom. The minimum atomic E-state index is 0.172. The molecule has 2 amide bonds. The van der Waals surface area contributed by atoms with E-state index in [-0.39, 0.29) is 5.91 Å². The molecule has 2 bridgehead atoms. The smallest absolute Gasteiger partial charge is 0.242 e. The van der Waals surface area contributed by atoms with Gasteiger partial charge < -0.3 is 19.1 Å². The number of fused-ring (bicyclic) bond motifs is 5. The molecule has 3 unspecified atom stereocenters. The van der Waals surface area contributed by atoms with E-state index in [2.05, 4.69) is 4.90 Å². The number of rotatable bonds is 3. The third-order valence-corrected chi connectivity index (χ3v) is 6.83. The summed E-state index contributed by atoms with van der Waals surface area (Å²) in [6, 6.07) is 8.28. The summed E-state index contributed by atoms with van der Waals surface area (Å²) in [5.74, 6) is 2.17. The van der Waals surface area contributed by atoms with Gasteiger partial charge in [-0.25, -0.2) is 0 Å². The Kier molecular flexibility index (Phi) is 4.29. The molecule has 3 saturated heterocycles. The van der Waals surface area contributed by atoms with Gasteiger partial charge in [0.25, 0.3) is 0 Å². The summed E-state index contributed by atoms with van der Waals surface area (Å²) in [5, 5.41) is 1.03. The number of methoxy groups -OCH3 is 1. The first-order valence-corrected chi connectivity index (χ1v) is 10.3. The van der Waals surface area contributed by atoms with Crippen LogP contribution < -0.4 is 4.74 Å². The van der Waals surface area contributed by atoms with Crippen LogP contribution in [0.25, 0.3) is 10.9 Å². The van der Waals surface area contributed by atoms with Crippen molar-refractivity contribution >= 4 is 22.7 Å². The molecule has 3 aliphatic rings. The molecule has 6 nitrogen and oxygen atoms in total. The molecule has 3 atom stereocenters. The van der Waals surface area contributed by atoms with E-state index >= 15 is 0 Å². The predicted molar refractivity (Wildman–Crippen MR) is 106 cm³/mol. The number of nitrogens with zero attached hydrogens (tertiary/aromatic N) is 3. The molecule has 0 saturated carbocycles. The second-order valence-electron chi connectivity index (χ2n) is 8.50. The fourth-order valence-corrected chi connectivity index (χ4v) is 5.57. The lowest BCUT2D eigenvalue weighted by Crippen LogP contribution is -2.61. The number of amides is 2. The van der Waals surface area contributed by atoms with Gasteiger partial charge in [-0.05, 0) is 49.3 Å². The van der Waals surface area contributed by atoms with Crippen molar-refractivity contribution in [3.05, 3.63) is 30.5 Å². The molecular weight excluding hydrogens is 354 g/mol. The summed E-state index contributed by atoms with van der Waals surface area (Å²) in [7, 11) is 1.67. The molecule has 4 heterocycles. The van der Waals surface area contributed by atoms with Gasteiger partial charge in [-0.1, -0.05) is 6.07 Å². The Hall–Kier alpha value is -2.50. The van der Waals surface area contributed by atoms with Crippen molar-refractivity contribution in [2.75, 3.05) is 26.7 Å². The monoisotopic (exact) mass is 381 g/mol. The van der Waals surface area contributed by atoms with E-state index in [0.717, 1.165) is 55.5 Å². The van der Waals surface area contributed by atoms with Gasteiger partial charge in [-0.2, -0.15) is 0 Å². The van der Waals surface area contributed by atoms with Crippen LogP contribution in [0.2, 0.25) is 0 Å². The van der Waals surface area contributed by atoms with E-state index in [0.29, 0.717) is 36.8 Å². The van der Waals surface area contributed by atoms with Gasteiger partial charge in [-0.3, -0.25) is 9.59 Å². The molecule has 1 aromatic carbocycles. The average molecular weight is 381 g/mol. The fraction of sp³-hybridized carbons (Fsp3) is 0.545. The molecule has 1 aromatic heterocycles. The maximum absolute atomic E-state index is 13.1. The van der Waals surface area contributed by atoms with Crippen LogP contribution in [0.5, 0.6) is 5.75 Å². The number of carbonyl (C=O) groups is 2.